The molecule has 0 atom stereocenters. The molecule has 0 saturated carbocycles. The maximum Gasteiger partial charge on any atom is 0.573 e. The number of rotatable bonds is 7. The van der Waals surface area contributed by atoms with Gasteiger partial charge < -0.3 is 9.47 Å². The molecule has 0 saturated heterocycles. The SMILES string of the molecule is CCOCCSc1n[nH]c(-c2ccc(OC(F)(F)F)cc2)n1. The first-order chi connectivity index (χ1) is 10.5. The third kappa shape index (κ3) is 5.23. The van der Waals surface area contributed by atoms with Crippen LogP contribution in [0.15, 0.2) is 29.4 Å². The molecule has 0 radical (unpaired) electrons. The fourth-order valence-corrected chi connectivity index (χ4v) is 2.24. The summed E-state index contributed by atoms with van der Waals surface area (Å²) < 4.78 is 45.2. The zero-order valence-electron chi connectivity index (χ0n) is 11.7. The molecule has 0 spiro atoms. The summed E-state index contributed by atoms with van der Waals surface area (Å²) in [4.78, 5) is 4.26. The van der Waals surface area contributed by atoms with Gasteiger partial charge in [0, 0.05) is 17.9 Å². The smallest absolute Gasteiger partial charge is 0.406 e. The van der Waals surface area contributed by atoms with Crippen LogP contribution in [0.25, 0.3) is 11.4 Å². The van der Waals surface area contributed by atoms with Gasteiger partial charge in [0.15, 0.2) is 5.82 Å². The van der Waals surface area contributed by atoms with Crippen LogP contribution in [0.3, 0.4) is 0 Å². The van der Waals surface area contributed by atoms with Crippen molar-refractivity contribution in [1.29, 1.82) is 0 Å². The average molecular weight is 333 g/mol. The van der Waals surface area contributed by atoms with E-state index in [4.69, 9.17) is 4.74 Å². The normalized spacial score (nSPS) is 11.6. The molecule has 22 heavy (non-hydrogen) atoms. The number of alkyl halides is 3. The first kappa shape index (κ1) is 16.6. The lowest BCUT2D eigenvalue weighted by molar-refractivity contribution is -0.274. The highest BCUT2D eigenvalue weighted by Gasteiger charge is 2.30. The molecule has 0 bridgehead atoms. The third-order valence-corrected chi connectivity index (χ3v) is 3.30. The number of halogens is 3. The molecular weight excluding hydrogens is 319 g/mol. The standard InChI is InChI=1S/C13H14F3N3O2S/c1-2-20-7-8-22-12-17-11(18-19-12)9-3-5-10(6-4-9)21-13(14,15)16/h3-6H,2,7-8H2,1H3,(H,17,18,19). The van der Waals surface area contributed by atoms with Gasteiger partial charge in [-0.15, -0.1) is 18.3 Å². The van der Waals surface area contributed by atoms with Crippen molar-refractivity contribution >= 4 is 11.8 Å². The van der Waals surface area contributed by atoms with Crippen molar-refractivity contribution in [3.8, 4) is 17.1 Å². The quantitative estimate of drug-likeness (QED) is 0.621. The maximum absolute atomic E-state index is 12.1. The van der Waals surface area contributed by atoms with Crippen LogP contribution in [-0.2, 0) is 4.74 Å². The third-order valence-electron chi connectivity index (χ3n) is 2.49. The molecule has 1 aromatic heterocycles. The summed E-state index contributed by atoms with van der Waals surface area (Å²) in [7, 11) is 0. The number of nitrogens with one attached hydrogen (secondary N) is 1. The lowest BCUT2D eigenvalue weighted by Gasteiger charge is -2.08. The fourth-order valence-electron chi connectivity index (χ4n) is 1.59. The van der Waals surface area contributed by atoms with Crippen LogP contribution < -0.4 is 4.74 Å². The zero-order valence-corrected chi connectivity index (χ0v) is 12.5. The van der Waals surface area contributed by atoms with E-state index >= 15 is 0 Å². The van der Waals surface area contributed by atoms with Gasteiger partial charge in [0.25, 0.3) is 0 Å². The van der Waals surface area contributed by atoms with E-state index in [9.17, 15) is 13.2 Å². The van der Waals surface area contributed by atoms with Gasteiger partial charge in [0.2, 0.25) is 5.16 Å². The van der Waals surface area contributed by atoms with E-state index in [2.05, 4.69) is 19.9 Å². The molecule has 1 N–H and O–H groups in total. The van der Waals surface area contributed by atoms with Crippen LogP contribution in [0.2, 0.25) is 0 Å². The first-order valence-electron chi connectivity index (χ1n) is 6.47. The lowest BCUT2D eigenvalue weighted by atomic mass is 10.2. The summed E-state index contributed by atoms with van der Waals surface area (Å²) >= 11 is 1.43. The second-order valence-corrected chi connectivity index (χ2v) is 5.15. The number of H-pyrrole nitrogens is 1. The topological polar surface area (TPSA) is 60.0 Å². The minimum absolute atomic E-state index is 0.276. The highest BCUT2D eigenvalue weighted by molar-refractivity contribution is 7.99. The molecule has 2 aromatic rings. The predicted octanol–water partition coefficient (Wildman–Crippen LogP) is 3.50. The predicted molar refractivity (Wildman–Crippen MR) is 75.7 cm³/mol. The van der Waals surface area contributed by atoms with Crippen molar-refractivity contribution < 1.29 is 22.6 Å². The largest absolute Gasteiger partial charge is 0.573 e. The van der Waals surface area contributed by atoms with Crippen LogP contribution >= 0.6 is 11.8 Å². The molecule has 120 valence electrons. The van der Waals surface area contributed by atoms with Crippen molar-refractivity contribution in [2.45, 2.75) is 18.4 Å². The number of thioether (sulfide) groups is 1. The maximum atomic E-state index is 12.1. The number of hydrogen-bond acceptors (Lipinski definition) is 5. The Hall–Kier alpha value is -1.74. The van der Waals surface area contributed by atoms with Crippen LogP contribution in [0.1, 0.15) is 6.92 Å². The zero-order chi connectivity index (χ0) is 16.0. The van der Waals surface area contributed by atoms with E-state index in [0.29, 0.717) is 29.8 Å². The first-order valence-corrected chi connectivity index (χ1v) is 7.45. The molecule has 1 heterocycles. The van der Waals surface area contributed by atoms with Gasteiger partial charge in [0.05, 0.1) is 6.61 Å². The Bertz CT molecular complexity index is 587. The number of ether oxygens (including phenoxy) is 2. The second-order valence-electron chi connectivity index (χ2n) is 4.08. The summed E-state index contributed by atoms with van der Waals surface area (Å²) in [5.41, 5.74) is 0.624. The van der Waals surface area contributed by atoms with Gasteiger partial charge in [-0.3, -0.25) is 5.10 Å². The minimum atomic E-state index is -4.70. The second kappa shape index (κ2) is 7.50. The van der Waals surface area contributed by atoms with Crippen molar-refractivity contribution in [2.24, 2.45) is 0 Å². The number of hydrogen-bond donors (Lipinski definition) is 1. The molecule has 9 heteroatoms. The van der Waals surface area contributed by atoms with E-state index in [1.165, 1.54) is 36.0 Å². The van der Waals surface area contributed by atoms with E-state index in [-0.39, 0.29) is 5.75 Å². The monoisotopic (exact) mass is 333 g/mol. The summed E-state index contributed by atoms with van der Waals surface area (Å²) in [6, 6.07) is 5.42. The van der Waals surface area contributed by atoms with Gasteiger partial charge in [-0.1, -0.05) is 11.8 Å². The van der Waals surface area contributed by atoms with Crippen molar-refractivity contribution in [1.82, 2.24) is 15.2 Å². The van der Waals surface area contributed by atoms with Gasteiger partial charge in [-0.05, 0) is 31.2 Å². The number of aromatic nitrogens is 3. The number of aromatic amines is 1. The van der Waals surface area contributed by atoms with Gasteiger partial charge in [0.1, 0.15) is 5.75 Å². The van der Waals surface area contributed by atoms with Crippen LogP contribution in [0.5, 0.6) is 5.75 Å². The van der Waals surface area contributed by atoms with Crippen molar-refractivity contribution in [2.75, 3.05) is 19.0 Å². The number of nitrogens with zero attached hydrogens (tertiary/aromatic N) is 2. The van der Waals surface area contributed by atoms with Crippen LogP contribution in [-0.4, -0.2) is 40.5 Å². The molecule has 0 unspecified atom stereocenters. The molecule has 0 aliphatic carbocycles. The molecule has 0 aliphatic rings. The Labute approximate surface area is 129 Å². The molecule has 2 rings (SSSR count). The molecular formula is C13H14F3N3O2S. The average Bonchev–Trinajstić information content (AvgIpc) is 2.91. The van der Waals surface area contributed by atoms with Crippen molar-refractivity contribution in [3.05, 3.63) is 24.3 Å². The molecule has 5 nitrogen and oxygen atoms in total. The summed E-state index contributed by atoms with van der Waals surface area (Å²) in [5.74, 6) is 0.934. The van der Waals surface area contributed by atoms with Crippen LogP contribution in [0, 0.1) is 0 Å². The Morgan fingerprint density at radius 1 is 1.23 bits per heavy atom. The Morgan fingerprint density at radius 3 is 2.59 bits per heavy atom. The van der Waals surface area contributed by atoms with E-state index < -0.39 is 6.36 Å². The van der Waals surface area contributed by atoms with Gasteiger partial charge in [-0.2, -0.15) is 0 Å². The van der Waals surface area contributed by atoms with Gasteiger partial charge >= 0.3 is 6.36 Å². The van der Waals surface area contributed by atoms with E-state index in [1.54, 1.807) is 0 Å². The number of benzene rings is 1. The fraction of sp³-hybridized carbons (Fsp3) is 0.385. The molecule has 0 amide bonds. The molecule has 1 aromatic carbocycles. The Kier molecular flexibility index (Phi) is 5.67. The van der Waals surface area contributed by atoms with Crippen molar-refractivity contribution in [3.63, 3.8) is 0 Å². The highest BCUT2D eigenvalue weighted by Crippen LogP contribution is 2.25. The Morgan fingerprint density at radius 2 is 1.95 bits per heavy atom. The lowest BCUT2D eigenvalue weighted by Crippen LogP contribution is -2.16. The minimum Gasteiger partial charge on any atom is -0.406 e. The molecule has 0 fully saturated rings. The summed E-state index contributed by atoms with van der Waals surface area (Å²) in [6.45, 7) is 3.18. The van der Waals surface area contributed by atoms with E-state index in [0.717, 1.165) is 5.75 Å². The highest BCUT2D eigenvalue weighted by atomic mass is 32.2. The Balaban J connectivity index is 1.96. The summed E-state index contributed by atoms with van der Waals surface area (Å²) in [5, 5.41) is 7.34. The molecule has 0 aliphatic heterocycles. The van der Waals surface area contributed by atoms with E-state index in [1.807, 2.05) is 6.92 Å². The summed E-state index contributed by atoms with van der Waals surface area (Å²) in [6.07, 6.45) is -4.70. The van der Waals surface area contributed by atoms with Gasteiger partial charge in [-0.25, -0.2) is 4.98 Å². The van der Waals surface area contributed by atoms with Crippen LogP contribution in [0.4, 0.5) is 13.2 Å².